The lowest BCUT2D eigenvalue weighted by Gasteiger charge is -2.23. The lowest BCUT2D eigenvalue weighted by atomic mass is 10.0. The molecule has 3 aromatic rings. The van der Waals surface area contributed by atoms with E-state index in [0.717, 1.165) is 11.3 Å². The van der Waals surface area contributed by atoms with Gasteiger partial charge in [0.2, 0.25) is 0 Å². The molecular formula is C23H24ClN5O. The third-order valence-electron chi connectivity index (χ3n) is 4.47. The van der Waals surface area contributed by atoms with Gasteiger partial charge in [-0.1, -0.05) is 23.7 Å². The SMILES string of the molecule is CC(C)(C#N)NC(=O)c1cc(-c2ccc(Cl)cc2)nc(-c2ccnn2C(C)(C)C)c1. The Balaban J connectivity index is 2.17. The number of hydrogen-bond donors (Lipinski definition) is 1. The maximum Gasteiger partial charge on any atom is 0.252 e. The minimum Gasteiger partial charge on any atom is -0.334 e. The number of rotatable bonds is 4. The highest BCUT2D eigenvalue weighted by Crippen LogP contribution is 2.28. The summed E-state index contributed by atoms with van der Waals surface area (Å²) < 4.78 is 1.88. The summed E-state index contributed by atoms with van der Waals surface area (Å²) in [6.45, 7) is 9.46. The zero-order chi connectivity index (χ0) is 22.1. The lowest BCUT2D eigenvalue weighted by molar-refractivity contribution is 0.0929. The van der Waals surface area contributed by atoms with Crippen LogP contribution in [0.3, 0.4) is 0 Å². The fourth-order valence-corrected chi connectivity index (χ4v) is 3.10. The molecule has 0 saturated heterocycles. The molecule has 0 radical (unpaired) electrons. The van der Waals surface area contributed by atoms with E-state index in [0.29, 0.717) is 22.0 Å². The van der Waals surface area contributed by atoms with Crippen LogP contribution in [0.1, 0.15) is 45.0 Å². The molecule has 1 N–H and O–H groups in total. The van der Waals surface area contributed by atoms with Crippen LogP contribution in [0.2, 0.25) is 5.02 Å². The lowest BCUT2D eigenvalue weighted by Crippen LogP contribution is -2.42. The number of aromatic nitrogens is 3. The Morgan fingerprint density at radius 1 is 1.07 bits per heavy atom. The molecule has 154 valence electrons. The molecule has 2 heterocycles. The first-order valence-corrected chi connectivity index (χ1v) is 9.95. The molecule has 0 aliphatic rings. The largest absolute Gasteiger partial charge is 0.334 e. The molecule has 1 amide bonds. The average molecular weight is 422 g/mol. The van der Waals surface area contributed by atoms with Crippen molar-refractivity contribution >= 4 is 17.5 Å². The van der Waals surface area contributed by atoms with Gasteiger partial charge in [-0.3, -0.25) is 9.48 Å². The van der Waals surface area contributed by atoms with Gasteiger partial charge in [0.15, 0.2) is 0 Å². The molecule has 0 aliphatic heterocycles. The van der Waals surface area contributed by atoms with Crippen LogP contribution in [0, 0.1) is 11.3 Å². The first-order valence-electron chi connectivity index (χ1n) is 9.57. The summed E-state index contributed by atoms with van der Waals surface area (Å²) in [4.78, 5) is 17.7. The van der Waals surface area contributed by atoms with E-state index in [4.69, 9.17) is 16.6 Å². The molecule has 0 atom stereocenters. The first-order chi connectivity index (χ1) is 14.0. The highest BCUT2D eigenvalue weighted by molar-refractivity contribution is 6.30. The summed E-state index contributed by atoms with van der Waals surface area (Å²) >= 11 is 6.03. The number of carbonyl (C=O) groups is 1. The van der Waals surface area contributed by atoms with E-state index in [1.54, 1.807) is 44.3 Å². The molecule has 2 aromatic heterocycles. The van der Waals surface area contributed by atoms with E-state index in [1.807, 2.05) is 22.9 Å². The van der Waals surface area contributed by atoms with Crippen molar-refractivity contribution in [2.75, 3.05) is 0 Å². The van der Waals surface area contributed by atoms with Crippen LogP contribution in [-0.4, -0.2) is 26.2 Å². The maximum atomic E-state index is 12.9. The molecule has 30 heavy (non-hydrogen) atoms. The van der Waals surface area contributed by atoms with Crippen LogP contribution in [0.4, 0.5) is 0 Å². The second kappa shape index (κ2) is 7.92. The van der Waals surface area contributed by atoms with E-state index in [-0.39, 0.29) is 11.4 Å². The number of nitrogens with one attached hydrogen (secondary N) is 1. The van der Waals surface area contributed by atoms with Gasteiger partial charge in [-0.15, -0.1) is 0 Å². The molecule has 6 nitrogen and oxygen atoms in total. The fourth-order valence-electron chi connectivity index (χ4n) is 2.98. The molecule has 0 bridgehead atoms. The van der Waals surface area contributed by atoms with Crippen LogP contribution in [-0.2, 0) is 5.54 Å². The maximum absolute atomic E-state index is 12.9. The van der Waals surface area contributed by atoms with E-state index in [2.05, 4.69) is 37.3 Å². The normalized spacial score (nSPS) is 11.8. The van der Waals surface area contributed by atoms with Crippen molar-refractivity contribution in [2.45, 2.75) is 45.7 Å². The third-order valence-corrected chi connectivity index (χ3v) is 4.73. The fraction of sp³-hybridized carbons (Fsp3) is 0.304. The van der Waals surface area contributed by atoms with Crippen molar-refractivity contribution in [1.29, 1.82) is 5.26 Å². The molecule has 3 rings (SSSR count). The standard InChI is InChI=1S/C23H24ClN5O/c1-22(2,3)29-20(10-11-26-29)19-13-16(21(30)28-23(4,5)14-25)12-18(27-19)15-6-8-17(24)9-7-15/h6-13H,1-5H3,(H,28,30). The molecule has 0 fully saturated rings. The number of halogens is 1. The topological polar surface area (TPSA) is 83.6 Å². The van der Waals surface area contributed by atoms with Crippen molar-refractivity contribution in [2.24, 2.45) is 0 Å². The van der Waals surface area contributed by atoms with Crippen LogP contribution in [0.5, 0.6) is 0 Å². The van der Waals surface area contributed by atoms with E-state index < -0.39 is 5.54 Å². The number of nitrogens with zero attached hydrogens (tertiary/aromatic N) is 4. The predicted octanol–water partition coefficient (Wildman–Crippen LogP) is 5.05. The molecule has 7 heteroatoms. The predicted molar refractivity (Wildman–Crippen MR) is 118 cm³/mol. The van der Waals surface area contributed by atoms with Crippen LogP contribution < -0.4 is 5.32 Å². The molecule has 0 aliphatic carbocycles. The molecular weight excluding hydrogens is 398 g/mol. The van der Waals surface area contributed by atoms with Crippen LogP contribution in [0.15, 0.2) is 48.7 Å². The third kappa shape index (κ3) is 4.69. The molecule has 0 spiro atoms. The first kappa shape index (κ1) is 21.5. The van der Waals surface area contributed by atoms with E-state index in [1.165, 1.54) is 0 Å². The highest BCUT2D eigenvalue weighted by Gasteiger charge is 2.23. The summed E-state index contributed by atoms with van der Waals surface area (Å²) in [7, 11) is 0. The van der Waals surface area contributed by atoms with Crippen molar-refractivity contribution in [3.8, 4) is 28.7 Å². The number of amides is 1. The number of benzene rings is 1. The zero-order valence-corrected chi connectivity index (χ0v) is 18.4. The van der Waals surface area contributed by atoms with Crippen molar-refractivity contribution in [1.82, 2.24) is 20.1 Å². The van der Waals surface area contributed by atoms with Crippen molar-refractivity contribution in [3.63, 3.8) is 0 Å². The summed E-state index contributed by atoms with van der Waals surface area (Å²) in [5.41, 5.74) is 2.04. The smallest absolute Gasteiger partial charge is 0.252 e. The molecule has 0 saturated carbocycles. The van der Waals surface area contributed by atoms with Crippen molar-refractivity contribution in [3.05, 3.63) is 59.2 Å². The van der Waals surface area contributed by atoms with Gasteiger partial charge in [0.05, 0.1) is 28.7 Å². The minimum atomic E-state index is -0.992. The van der Waals surface area contributed by atoms with Crippen LogP contribution in [0.25, 0.3) is 22.6 Å². The van der Waals surface area contributed by atoms with Gasteiger partial charge in [0.1, 0.15) is 5.54 Å². The highest BCUT2D eigenvalue weighted by atomic mass is 35.5. The number of hydrogen-bond acceptors (Lipinski definition) is 4. The second-order valence-electron chi connectivity index (χ2n) is 8.62. The van der Waals surface area contributed by atoms with Gasteiger partial charge in [-0.05, 0) is 65.0 Å². The Morgan fingerprint density at radius 2 is 1.70 bits per heavy atom. The van der Waals surface area contributed by atoms with E-state index >= 15 is 0 Å². The summed E-state index contributed by atoms with van der Waals surface area (Å²) in [6.07, 6.45) is 1.72. The molecule has 0 unspecified atom stereocenters. The molecule has 1 aromatic carbocycles. The van der Waals surface area contributed by atoms with Crippen LogP contribution >= 0.6 is 11.6 Å². The summed E-state index contributed by atoms with van der Waals surface area (Å²) in [5, 5.41) is 17.1. The average Bonchev–Trinajstić information content (AvgIpc) is 3.18. The summed E-state index contributed by atoms with van der Waals surface area (Å²) in [5.74, 6) is -0.345. The van der Waals surface area contributed by atoms with Gasteiger partial charge in [-0.2, -0.15) is 10.4 Å². The number of pyridine rings is 1. The Kier molecular flexibility index (Phi) is 5.69. The quantitative estimate of drug-likeness (QED) is 0.638. The van der Waals surface area contributed by atoms with Crippen molar-refractivity contribution < 1.29 is 4.79 Å². The van der Waals surface area contributed by atoms with Gasteiger partial charge in [0.25, 0.3) is 5.91 Å². The van der Waals surface area contributed by atoms with Gasteiger partial charge >= 0.3 is 0 Å². The monoisotopic (exact) mass is 421 g/mol. The second-order valence-corrected chi connectivity index (χ2v) is 9.06. The van der Waals surface area contributed by atoms with Gasteiger partial charge in [-0.25, -0.2) is 4.98 Å². The Bertz CT molecular complexity index is 1120. The Morgan fingerprint density at radius 3 is 2.30 bits per heavy atom. The Labute approximate surface area is 181 Å². The minimum absolute atomic E-state index is 0.262. The van der Waals surface area contributed by atoms with Gasteiger partial charge in [0, 0.05) is 22.3 Å². The Hall–Kier alpha value is -3.17. The summed E-state index contributed by atoms with van der Waals surface area (Å²) in [6, 6.07) is 14.7. The zero-order valence-electron chi connectivity index (χ0n) is 17.7. The number of nitriles is 1. The van der Waals surface area contributed by atoms with Gasteiger partial charge < -0.3 is 5.32 Å². The number of carbonyl (C=O) groups excluding carboxylic acids is 1. The van der Waals surface area contributed by atoms with E-state index in [9.17, 15) is 10.1 Å².